The van der Waals surface area contributed by atoms with Crippen molar-refractivity contribution < 1.29 is 0 Å². The van der Waals surface area contributed by atoms with E-state index in [0.29, 0.717) is 17.8 Å². The highest BCUT2D eigenvalue weighted by Gasteiger charge is 2.23. The van der Waals surface area contributed by atoms with Gasteiger partial charge in [-0.05, 0) is 99.2 Å². The van der Waals surface area contributed by atoms with Crippen LogP contribution in [0.1, 0.15) is 140 Å². The van der Waals surface area contributed by atoms with Gasteiger partial charge in [-0.1, -0.05) is 121 Å². The van der Waals surface area contributed by atoms with Gasteiger partial charge in [0.25, 0.3) is 0 Å². The maximum absolute atomic E-state index is 2.68. The molecule has 0 amide bonds. The van der Waals surface area contributed by atoms with Crippen LogP contribution in [-0.2, 0) is 0 Å². The first-order valence-corrected chi connectivity index (χ1v) is 16.8. The summed E-state index contributed by atoms with van der Waals surface area (Å²) >= 11 is 0. The fraction of sp³-hybridized carbons (Fsp3) is 0.636. The third kappa shape index (κ3) is 6.99. The molecular weight excluding hydrogens is 458 g/mol. The molecular formula is C33H50P2. The Morgan fingerprint density at radius 3 is 1.60 bits per heavy atom. The van der Waals surface area contributed by atoms with Crippen LogP contribution in [0.4, 0.5) is 0 Å². The highest BCUT2D eigenvalue weighted by atomic mass is 31.1. The van der Waals surface area contributed by atoms with Crippen molar-refractivity contribution in [2.75, 3.05) is 0 Å². The van der Waals surface area contributed by atoms with Crippen molar-refractivity contribution in [3.8, 4) is 11.1 Å². The fourth-order valence-corrected chi connectivity index (χ4v) is 9.65. The Hall–Kier alpha value is -0.700. The predicted octanol–water partition coefficient (Wildman–Crippen LogP) is 10.00. The number of hydrogen-bond acceptors (Lipinski definition) is 0. The van der Waals surface area contributed by atoms with Crippen molar-refractivity contribution in [3.05, 3.63) is 47.0 Å². The third-order valence-corrected chi connectivity index (χ3v) is 11.7. The van der Waals surface area contributed by atoms with Gasteiger partial charge in [0, 0.05) is 0 Å². The van der Waals surface area contributed by atoms with E-state index in [1.54, 1.807) is 32.9 Å². The second-order valence-corrected chi connectivity index (χ2v) is 15.6. The van der Waals surface area contributed by atoms with E-state index in [-0.39, 0.29) is 0 Å². The maximum atomic E-state index is 2.68. The van der Waals surface area contributed by atoms with E-state index in [2.05, 4.69) is 71.9 Å². The number of hydrogen-bond donors (Lipinski definition) is 0. The lowest BCUT2D eigenvalue weighted by Gasteiger charge is -2.28. The first-order chi connectivity index (χ1) is 16.8. The third-order valence-electron chi connectivity index (χ3n) is 8.36. The van der Waals surface area contributed by atoms with Gasteiger partial charge in [0.05, 0.1) is 0 Å². The van der Waals surface area contributed by atoms with E-state index in [1.165, 1.54) is 69.8 Å². The molecule has 2 aliphatic carbocycles. The summed E-state index contributed by atoms with van der Waals surface area (Å²) in [5.41, 5.74) is 9.61. The normalized spacial score (nSPS) is 18.9. The molecule has 2 atom stereocenters. The molecule has 0 nitrogen and oxygen atoms in total. The lowest BCUT2D eigenvalue weighted by molar-refractivity contribution is 0.514. The van der Waals surface area contributed by atoms with E-state index in [1.807, 2.05) is 0 Å². The molecule has 2 saturated carbocycles. The minimum Gasteiger partial charge on any atom is -0.0872 e. The molecule has 0 spiro atoms. The largest absolute Gasteiger partial charge is 0.0872 e. The van der Waals surface area contributed by atoms with E-state index in [4.69, 9.17) is 0 Å². The zero-order valence-electron chi connectivity index (χ0n) is 23.3. The SMILES string of the molecule is CC(C)c1cc(C(C)C)c(-c2ccc(PC3CCCCC3)cc2PC2CCCCC2)c(C(C)C)c1. The van der Waals surface area contributed by atoms with Gasteiger partial charge in [0.2, 0.25) is 0 Å². The van der Waals surface area contributed by atoms with Gasteiger partial charge in [-0.3, -0.25) is 0 Å². The lowest BCUT2D eigenvalue weighted by Crippen LogP contribution is -2.18. The Balaban J connectivity index is 1.81. The van der Waals surface area contributed by atoms with Gasteiger partial charge in [0.15, 0.2) is 0 Å². The monoisotopic (exact) mass is 508 g/mol. The molecule has 0 bridgehead atoms. The zero-order chi connectivity index (χ0) is 24.9. The summed E-state index contributed by atoms with van der Waals surface area (Å²) in [6.07, 6.45) is 14.5. The number of benzene rings is 2. The summed E-state index contributed by atoms with van der Waals surface area (Å²) < 4.78 is 0. The quantitative estimate of drug-likeness (QED) is 0.311. The molecule has 0 aliphatic heterocycles. The maximum Gasteiger partial charge on any atom is -0.0103 e. The lowest BCUT2D eigenvalue weighted by atomic mass is 9.82. The van der Waals surface area contributed by atoms with Gasteiger partial charge in [-0.25, -0.2) is 0 Å². The standard InChI is InChI=1S/C33H50P2/c1-22(2)25-19-30(23(3)4)33(31(20-25)24(5)6)29-18-17-28(34-26-13-9-7-10-14-26)21-32(29)35-27-15-11-8-12-16-27/h17-24,26-27,34-35H,7-16H2,1-6H3. The van der Waals surface area contributed by atoms with Crippen LogP contribution >= 0.6 is 17.2 Å². The van der Waals surface area contributed by atoms with Crippen molar-refractivity contribution in [2.24, 2.45) is 0 Å². The molecule has 2 aromatic rings. The van der Waals surface area contributed by atoms with Gasteiger partial charge in [-0.2, -0.15) is 0 Å². The number of rotatable bonds is 8. The van der Waals surface area contributed by atoms with Crippen molar-refractivity contribution in [2.45, 2.75) is 135 Å². The smallest absolute Gasteiger partial charge is 0.0103 e. The summed E-state index contributed by atoms with van der Waals surface area (Å²) in [6, 6.07) is 12.8. The van der Waals surface area contributed by atoms with Crippen LogP contribution in [0.15, 0.2) is 30.3 Å². The van der Waals surface area contributed by atoms with Crippen LogP contribution in [-0.4, -0.2) is 11.3 Å². The van der Waals surface area contributed by atoms with Gasteiger partial charge in [0.1, 0.15) is 0 Å². The molecule has 4 rings (SSSR count). The molecule has 2 unspecified atom stereocenters. The Bertz CT molecular complexity index is 930. The Morgan fingerprint density at radius 2 is 1.11 bits per heavy atom. The molecule has 0 aromatic heterocycles. The highest BCUT2D eigenvalue weighted by molar-refractivity contribution is 7.50. The highest BCUT2D eigenvalue weighted by Crippen LogP contribution is 2.42. The average molecular weight is 509 g/mol. The van der Waals surface area contributed by atoms with Crippen molar-refractivity contribution in [1.29, 1.82) is 0 Å². The Morgan fingerprint density at radius 1 is 0.600 bits per heavy atom. The van der Waals surface area contributed by atoms with E-state index in [0.717, 1.165) is 28.5 Å². The molecule has 2 aliphatic rings. The average Bonchev–Trinajstić information content (AvgIpc) is 2.84. The summed E-state index contributed by atoms with van der Waals surface area (Å²) in [6.45, 7) is 14.3. The van der Waals surface area contributed by atoms with Crippen LogP contribution in [0.5, 0.6) is 0 Å². The van der Waals surface area contributed by atoms with Crippen LogP contribution in [0.2, 0.25) is 0 Å². The summed E-state index contributed by atoms with van der Waals surface area (Å²) in [5.74, 6) is 1.65. The minimum absolute atomic E-state index is 0.538. The fourth-order valence-electron chi connectivity index (χ4n) is 6.19. The van der Waals surface area contributed by atoms with Gasteiger partial charge in [-0.15, -0.1) is 0 Å². The van der Waals surface area contributed by atoms with Crippen LogP contribution < -0.4 is 10.6 Å². The van der Waals surface area contributed by atoms with Crippen molar-refractivity contribution >= 4 is 27.8 Å². The second kappa shape index (κ2) is 12.7. The molecule has 0 radical (unpaired) electrons. The Labute approximate surface area is 220 Å². The van der Waals surface area contributed by atoms with E-state index in [9.17, 15) is 0 Å². The minimum atomic E-state index is 0.538. The summed E-state index contributed by atoms with van der Waals surface area (Å²) in [4.78, 5) is 0. The molecule has 2 fully saturated rings. The Kier molecular flexibility index (Phi) is 9.92. The first kappa shape index (κ1) is 27.3. The zero-order valence-corrected chi connectivity index (χ0v) is 25.3. The van der Waals surface area contributed by atoms with Crippen LogP contribution in [0.25, 0.3) is 11.1 Å². The summed E-state index contributed by atoms with van der Waals surface area (Å²) in [7, 11) is 1.96. The molecule has 0 N–H and O–H groups in total. The molecule has 35 heavy (non-hydrogen) atoms. The van der Waals surface area contributed by atoms with Crippen LogP contribution in [0, 0.1) is 0 Å². The van der Waals surface area contributed by atoms with Crippen LogP contribution in [0.3, 0.4) is 0 Å². The topological polar surface area (TPSA) is 0 Å². The van der Waals surface area contributed by atoms with E-state index >= 15 is 0 Å². The van der Waals surface area contributed by atoms with Crippen molar-refractivity contribution in [1.82, 2.24) is 0 Å². The molecule has 192 valence electrons. The molecule has 0 heterocycles. The molecule has 0 saturated heterocycles. The molecule has 2 heteroatoms. The molecule has 2 aromatic carbocycles. The van der Waals surface area contributed by atoms with Gasteiger partial charge < -0.3 is 0 Å². The first-order valence-electron chi connectivity index (χ1n) is 14.7. The van der Waals surface area contributed by atoms with Gasteiger partial charge >= 0.3 is 0 Å². The summed E-state index contributed by atoms with van der Waals surface area (Å²) in [5, 5.41) is 3.31. The predicted molar refractivity (Wildman–Crippen MR) is 164 cm³/mol. The van der Waals surface area contributed by atoms with Crippen molar-refractivity contribution in [3.63, 3.8) is 0 Å². The second-order valence-electron chi connectivity index (χ2n) is 12.3. The van der Waals surface area contributed by atoms with E-state index < -0.39 is 0 Å².